The molecule has 24 heavy (non-hydrogen) atoms. The molecule has 1 aliphatic heterocycles. The number of aromatic amines is 1. The van der Waals surface area contributed by atoms with Gasteiger partial charge in [-0.15, -0.1) is 0 Å². The van der Waals surface area contributed by atoms with Crippen LogP contribution in [0.4, 0.5) is 0 Å². The van der Waals surface area contributed by atoms with Crippen molar-refractivity contribution in [2.75, 3.05) is 13.1 Å². The largest absolute Gasteiger partial charge is 0.337 e. The molecular formula is C18H21N5O. The van der Waals surface area contributed by atoms with E-state index in [4.69, 9.17) is 0 Å². The first-order chi connectivity index (χ1) is 11.8. The van der Waals surface area contributed by atoms with Gasteiger partial charge in [-0.25, -0.2) is 0 Å². The molecule has 0 aliphatic carbocycles. The molecule has 4 rings (SSSR count). The van der Waals surface area contributed by atoms with E-state index in [0.717, 1.165) is 44.5 Å². The van der Waals surface area contributed by atoms with Crippen molar-refractivity contribution in [1.82, 2.24) is 24.5 Å². The summed E-state index contributed by atoms with van der Waals surface area (Å²) >= 11 is 0. The molecule has 0 bridgehead atoms. The minimum Gasteiger partial charge on any atom is -0.337 e. The first kappa shape index (κ1) is 14.9. The highest BCUT2D eigenvalue weighted by molar-refractivity contribution is 5.92. The van der Waals surface area contributed by atoms with Gasteiger partial charge in [0.15, 0.2) is 0 Å². The smallest absolute Gasteiger partial charge is 0.271 e. The molecule has 3 aromatic rings. The molecule has 0 spiro atoms. The maximum absolute atomic E-state index is 12.5. The highest BCUT2D eigenvalue weighted by Gasteiger charge is 2.23. The molecule has 3 aromatic heterocycles. The maximum Gasteiger partial charge on any atom is 0.271 e. The number of hydrogen-bond donors (Lipinski definition) is 1. The number of nitrogens with zero attached hydrogens (tertiary/aromatic N) is 4. The Hall–Kier alpha value is -2.63. The Labute approximate surface area is 140 Å². The summed E-state index contributed by atoms with van der Waals surface area (Å²) in [6.45, 7) is 1.61. The maximum atomic E-state index is 12.5. The number of aromatic nitrogens is 4. The van der Waals surface area contributed by atoms with Crippen LogP contribution in [-0.4, -0.2) is 43.5 Å². The van der Waals surface area contributed by atoms with E-state index >= 15 is 0 Å². The molecule has 1 saturated heterocycles. The third-order valence-electron chi connectivity index (χ3n) is 4.88. The molecule has 6 nitrogen and oxygen atoms in total. The SMILES string of the molecule is O=C(c1ccn[nH]1)N1CCC[C@@H](Cc2nccn3cccc23)CC1. The Morgan fingerprint density at radius 2 is 2.17 bits per heavy atom. The van der Waals surface area contributed by atoms with Gasteiger partial charge in [-0.05, 0) is 49.8 Å². The number of likely N-dealkylation sites (tertiary alicyclic amines) is 1. The number of H-pyrrole nitrogens is 1. The second-order valence-corrected chi connectivity index (χ2v) is 6.44. The first-order valence-corrected chi connectivity index (χ1v) is 8.50. The zero-order valence-corrected chi connectivity index (χ0v) is 13.6. The van der Waals surface area contributed by atoms with Crippen LogP contribution in [0.15, 0.2) is 43.0 Å². The molecule has 0 aromatic carbocycles. The van der Waals surface area contributed by atoms with Gasteiger partial charge in [-0.3, -0.25) is 14.9 Å². The quantitative estimate of drug-likeness (QED) is 0.805. The Morgan fingerprint density at radius 3 is 3.04 bits per heavy atom. The van der Waals surface area contributed by atoms with Crippen LogP contribution in [0.25, 0.3) is 5.52 Å². The normalized spacial score (nSPS) is 18.7. The summed E-state index contributed by atoms with van der Waals surface area (Å²) in [5.74, 6) is 0.623. The molecule has 1 fully saturated rings. The highest BCUT2D eigenvalue weighted by Crippen LogP contribution is 2.23. The average Bonchev–Trinajstić information content (AvgIpc) is 3.24. The molecule has 1 amide bonds. The van der Waals surface area contributed by atoms with Crippen LogP contribution < -0.4 is 0 Å². The zero-order valence-electron chi connectivity index (χ0n) is 13.6. The number of fused-ring (bicyclic) bond motifs is 1. The van der Waals surface area contributed by atoms with Gasteiger partial charge in [0.2, 0.25) is 0 Å². The Bertz CT molecular complexity index is 823. The molecule has 0 radical (unpaired) electrons. The van der Waals surface area contributed by atoms with E-state index in [-0.39, 0.29) is 5.91 Å². The lowest BCUT2D eigenvalue weighted by Gasteiger charge is -2.19. The second kappa shape index (κ2) is 6.47. The van der Waals surface area contributed by atoms with Crippen LogP contribution in [0.3, 0.4) is 0 Å². The van der Waals surface area contributed by atoms with Crippen LogP contribution in [-0.2, 0) is 6.42 Å². The number of carbonyl (C=O) groups is 1. The van der Waals surface area contributed by atoms with Crippen molar-refractivity contribution >= 4 is 11.4 Å². The fourth-order valence-corrected chi connectivity index (χ4v) is 3.58. The fourth-order valence-electron chi connectivity index (χ4n) is 3.58. The molecule has 6 heteroatoms. The molecule has 1 atom stereocenters. The Kier molecular flexibility index (Phi) is 4.02. The minimum atomic E-state index is 0.0555. The lowest BCUT2D eigenvalue weighted by Crippen LogP contribution is -2.32. The van der Waals surface area contributed by atoms with Crippen LogP contribution in [0.2, 0.25) is 0 Å². The van der Waals surface area contributed by atoms with Gasteiger partial charge >= 0.3 is 0 Å². The Balaban J connectivity index is 1.43. The molecule has 124 valence electrons. The lowest BCUT2D eigenvalue weighted by molar-refractivity contribution is 0.0754. The Morgan fingerprint density at radius 1 is 1.21 bits per heavy atom. The number of nitrogens with one attached hydrogen (secondary N) is 1. The predicted molar refractivity (Wildman–Crippen MR) is 90.7 cm³/mol. The van der Waals surface area contributed by atoms with Crippen molar-refractivity contribution in [2.24, 2.45) is 5.92 Å². The summed E-state index contributed by atoms with van der Waals surface area (Å²) in [7, 11) is 0. The van der Waals surface area contributed by atoms with E-state index in [1.807, 2.05) is 17.3 Å². The second-order valence-electron chi connectivity index (χ2n) is 6.44. The molecule has 1 aliphatic rings. The molecule has 0 saturated carbocycles. The van der Waals surface area contributed by atoms with Crippen LogP contribution >= 0.6 is 0 Å². The standard InChI is InChI=1S/C18H21N5O/c24-18(15-5-7-20-21-15)23-10-1-3-14(6-11-23)13-16-17-4-2-9-22(17)12-8-19-16/h2,4-5,7-9,12,14H,1,3,6,10-11,13H2,(H,20,21)/t14-/m1/s1. The van der Waals surface area contributed by atoms with E-state index in [1.54, 1.807) is 12.3 Å². The number of hydrogen-bond acceptors (Lipinski definition) is 3. The summed E-state index contributed by atoms with van der Waals surface area (Å²) in [4.78, 5) is 19.0. The van der Waals surface area contributed by atoms with E-state index in [2.05, 4.69) is 37.9 Å². The minimum absolute atomic E-state index is 0.0555. The average molecular weight is 323 g/mol. The van der Waals surface area contributed by atoms with E-state index in [0.29, 0.717) is 11.6 Å². The molecular weight excluding hydrogens is 302 g/mol. The summed E-state index contributed by atoms with van der Waals surface area (Å²) in [6, 6.07) is 5.91. The van der Waals surface area contributed by atoms with E-state index in [1.165, 1.54) is 5.52 Å². The predicted octanol–water partition coefficient (Wildman–Crippen LogP) is 2.54. The number of amides is 1. The van der Waals surface area contributed by atoms with Crippen molar-refractivity contribution in [3.63, 3.8) is 0 Å². The topological polar surface area (TPSA) is 66.3 Å². The van der Waals surface area contributed by atoms with Crippen molar-refractivity contribution in [3.8, 4) is 0 Å². The molecule has 1 N–H and O–H groups in total. The summed E-state index contributed by atoms with van der Waals surface area (Å²) in [5.41, 5.74) is 2.92. The van der Waals surface area contributed by atoms with Crippen molar-refractivity contribution in [1.29, 1.82) is 0 Å². The van der Waals surface area contributed by atoms with Gasteiger partial charge in [0.05, 0.1) is 11.2 Å². The first-order valence-electron chi connectivity index (χ1n) is 8.50. The van der Waals surface area contributed by atoms with Crippen molar-refractivity contribution in [2.45, 2.75) is 25.7 Å². The number of carbonyl (C=O) groups excluding carboxylic acids is 1. The summed E-state index contributed by atoms with van der Waals surface area (Å²) in [5, 5.41) is 6.64. The monoisotopic (exact) mass is 323 g/mol. The van der Waals surface area contributed by atoms with Gasteiger partial charge in [-0.1, -0.05) is 0 Å². The van der Waals surface area contributed by atoms with Gasteiger partial charge < -0.3 is 9.30 Å². The van der Waals surface area contributed by atoms with Gasteiger partial charge in [0.25, 0.3) is 5.91 Å². The van der Waals surface area contributed by atoms with Gasteiger partial charge in [-0.2, -0.15) is 5.10 Å². The van der Waals surface area contributed by atoms with E-state index < -0.39 is 0 Å². The highest BCUT2D eigenvalue weighted by atomic mass is 16.2. The third kappa shape index (κ3) is 2.91. The summed E-state index contributed by atoms with van der Waals surface area (Å²) < 4.78 is 2.12. The van der Waals surface area contributed by atoms with Gasteiger partial charge in [0.1, 0.15) is 5.69 Å². The third-order valence-corrected chi connectivity index (χ3v) is 4.88. The van der Waals surface area contributed by atoms with Crippen LogP contribution in [0.5, 0.6) is 0 Å². The summed E-state index contributed by atoms with van der Waals surface area (Å²) in [6.07, 6.45) is 11.7. The van der Waals surface area contributed by atoms with Crippen LogP contribution in [0.1, 0.15) is 35.4 Å². The molecule has 4 heterocycles. The number of rotatable bonds is 3. The fraction of sp³-hybridized carbons (Fsp3) is 0.389. The lowest BCUT2D eigenvalue weighted by atomic mass is 9.95. The van der Waals surface area contributed by atoms with Crippen LogP contribution in [0, 0.1) is 5.92 Å². The van der Waals surface area contributed by atoms with Crippen molar-refractivity contribution < 1.29 is 4.79 Å². The van der Waals surface area contributed by atoms with Crippen molar-refractivity contribution in [3.05, 3.63) is 54.4 Å². The molecule has 0 unspecified atom stereocenters. The van der Waals surface area contributed by atoms with Gasteiger partial charge in [0, 0.05) is 37.9 Å². The zero-order chi connectivity index (χ0) is 16.4. The van der Waals surface area contributed by atoms with E-state index in [9.17, 15) is 4.79 Å².